The first-order chi connectivity index (χ1) is 9.88. The molecule has 2 aromatic carbocycles. The monoisotopic (exact) mass is 260 g/mol. The lowest BCUT2D eigenvalue weighted by Gasteiger charge is -2.14. The third-order valence-corrected chi connectivity index (χ3v) is 3.91. The highest BCUT2D eigenvalue weighted by Crippen LogP contribution is 2.26. The van der Waals surface area contributed by atoms with Crippen molar-refractivity contribution in [1.82, 2.24) is 9.88 Å². The average molecular weight is 260 g/mol. The van der Waals surface area contributed by atoms with Gasteiger partial charge in [0.2, 0.25) is 0 Å². The van der Waals surface area contributed by atoms with Crippen molar-refractivity contribution in [2.24, 2.45) is 0 Å². The summed E-state index contributed by atoms with van der Waals surface area (Å²) in [4.78, 5) is 7.26. The van der Waals surface area contributed by atoms with E-state index in [1.165, 1.54) is 22.2 Å². The molecule has 0 radical (unpaired) electrons. The van der Waals surface area contributed by atoms with Crippen LogP contribution in [0.3, 0.4) is 0 Å². The molecule has 4 rings (SSSR count). The minimum Gasteiger partial charge on any atom is -0.289 e. The lowest BCUT2D eigenvalue weighted by atomic mass is 10.1. The molecule has 0 amide bonds. The number of rotatable bonds is 2. The van der Waals surface area contributed by atoms with Gasteiger partial charge in [0.25, 0.3) is 0 Å². The maximum absolute atomic E-state index is 4.81. The second-order valence-corrected chi connectivity index (χ2v) is 5.42. The van der Waals surface area contributed by atoms with Crippen LogP contribution in [0.5, 0.6) is 0 Å². The fourth-order valence-electron chi connectivity index (χ4n) is 2.94. The fourth-order valence-corrected chi connectivity index (χ4v) is 2.94. The van der Waals surface area contributed by atoms with E-state index in [1.807, 2.05) is 0 Å². The molecule has 0 bridgehead atoms. The first-order valence-corrected chi connectivity index (χ1v) is 7.02. The van der Waals surface area contributed by atoms with Gasteiger partial charge in [0.15, 0.2) is 0 Å². The Kier molecular flexibility index (Phi) is 2.75. The molecule has 0 unspecified atom stereocenters. The number of nitrogens with zero attached hydrogens (tertiary/aromatic N) is 2. The van der Waals surface area contributed by atoms with Gasteiger partial charge in [-0.1, -0.05) is 48.5 Å². The number of aromatic nitrogens is 1. The Labute approximate surface area is 118 Å². The molecule has 0 aliphatic carbocycles. The van der Waals surface area contributed by atoms with Crippen molar-refractivity contribution >= 4 is 10.9 Å². The third kappa shape index (κ3) is 2.08. The molecule has 1 aliphatic rings. The molecule has 0 saturated carbocycles. The highest BCUT2D eigenvalue weighted by atomic mass is 15.1. The number of fused-ring (bicyclic) bond motifs is 2. The van der Waals surface area contributed by atoms with E-state index >= 15 is 0 Å². The van der Waals surface area contributed by atoms with Crippen LogP contribution in [0, 0.1) is 0 Å². The summed E-state index contributed by atoms with van der Waals surface area (Å²) in [6.07, 6.45) is 0. The van der Waals surface area contributed by atoms with Crippen molar-refractivity contribution in [2.45, 2.75) is 19.6 Å². The van der Waals surface area contributed by atoms with Crippen molar-refractivity contribution in [2.75, 3.05) is 0 Å². The Morgan fingerprint density at radius 2 is 1.70 bits per heavy atom. The van der Waals surface area contributed by atoms with Crippen LogP contribution in [-0.4, -0.2) is 9.88 Å². The summed E-state index contributed by atoms with van der Waals surface area (Å²) in [7, 11) is 0. The number of benzene rings is 2. The molecule has 3 aromatic rings. The maximum atomic E-state index is 4.81. The van der Waals surface area contributed by atoms with Gasteiger partial charge in [0, 0.05) is 25.0 Å². The number of pyridine rings is 1. The zero-order valence-corrected chi connectivity index (χ0v) is 11.3. The second kappa shape index (κ2) is 4.73. The predicted molar refractivity (Wildman–Crippen MR) is 81.1 cm³/mol. The highest BCUT2D eigenvalue weighted by molar-refractivity contribution is 5.79. The summed E-state index contributed by atoms with van der Waals surface area (Å²) in [6.45, 7) is 2.95. The van der Waals surface area contributed by atoms with Gasteiger partial charge in [-0.2, -0.15) is 0 Å². The van der Waals surface area contributed by atoms with E-state index in [2.05, 4.69) is 65.6 Å². The van der Waals surface area contributed by atoms with Gasteiger partial charge in [0.05, 0.1) is 11.2 Å². The Morgan fingerprint density at radius 3 is 2.60 bits per heavy atom. The normalized spacial score (nSPS) is 14.6. The molecule has 98 valence electrons. The molecule has 1 aliphatic heterocycles. The van der Waals surface area contributed by atoms with Gasteiger partial charge in [-0.25, -0.2) is 0 Å². The molecule has 0 saturated heterocycles. The van der Waals surface area contributed by atoms with E-state index < -0.39 is 0 Å². The first-order valence-electron chi connectivity index (χ1n) is 7.02. The Balaban J connectivity index is 1.61. The summed E-state index contributed by atoms with van der Waals surface area (Å²) in [5.74, 6) is 0. The van der Waals surface area contributed by atoms with Crippen molar-refractivity contribution < 1.29 is 0 Å². The van der Waals surface area contributed by atoms with Crippen LogP contribution >= 0.6 is 0 Å². The minimum absolute atomic E-state index is 0.953. The van der Waals surface area contributed by atoms with E-state index in [9.17, 15) is 0 Å². The van der Waals surface area contributed by atoms with Gasteiger partial charge in [-0.3, -0.25) is 9.88 Å². The van der Waals surface area contributed by atoms with E-state index in [1.54, 1.807) is 0 Å². The van der Waals surface area contributed by atoms with Gasteiger partial charge >= 0.3 is 0 Å². The van der Waals surface area contributed by atoms with Crippen molar-refractivity contribution in [3.8, 4) is 0 Å². The van der Waals surface area contributed by atoms with E-state index in [0.717, 1.165) is 25.2 Å². The second-order valence-electron chi connectivity index (χ2n) is 5.42. The van der Waals surface area contributed by atoms with E-state index in [-0.39, 0.29) is 0 Å². The zero-order valence-electron chi connectivity index (χ0n) is 11.3. The third-order valence-electron chi connectivity index (χ3n) is 3.91. The van der Waals surface area contributed by atoms with E-state index in [4.69, 9.17) is 4.98 Å². The molecule has 0 fully saturated rings. The summed E-state index contributed by atoms with van der Waals surface area (Å²) in [6, 6.07) is 21.3. The average Bonchev–Trinajstić information content (AvgIpc) is 2.86. The van der Waals surface area contributed by atoms with Crippen LogP contribution < -0.4 is 0 Å². The largest absolute Gasteiger partial charge is 0.289 e. The molecule has 2 nitrogen and oxygen atoms in total. The van der Waals surface area contributed by atoms with Gasteiger partial charge < -0.3 is 0 Å². The van der Waals surface area contributed by atoms with Gasteiger partial charge in [0.1, 0.15) is 0 Å². The van der Waals surface area contributed by atoms with Crippen LogP contribution in [0.15, 0.2) is 60.7 Å². The smallest absolute Gasteiger partial charge is 0.0706 e. The number of para-hydroxylation sites is 1. The fraction of sp³-hybridized carbons (Fsp3) is 0.167. The molecule has 2 heterocycles. The Hall–Kier alpha value is -2.19. The molecular formula is C18H16N2. The molecular weight excluding hydrogens is 244 g/mol. The molecule has 2 heteroatoms. The molecule has 0 atom stereocenters. The van der Waals surface area contributed by atoms with Crippen LogP contribution in [0.1, 0.15) is 16.8 Å². The van der Waals surface area contributed by atoms with Crippen LogP contribution in [0.25, 0.3) is 10.9 Å². The van der Waals surface area contributed by atoms with Gasteiger partial charge in [-0.05, 0) is 23.3 Å². The first kappa shape index (κ1) is 11.6. The quantitative estimate of drug-likeness (QED) is 0.697. The predicted octanol–water partition coefficient (Wildman–Crippen LogP) is 3.75. The van der Waals surface area contributed by atoms with Crippen molar-refractivity contribution in [1.29, 1.82) is 0 Å². The van der Waals surface area contributed by atoms with Crippen molar-refractivity contribution in [3.05, 3.63) is 77.5 Å². The lowest BCUT2D eigenvalue weighted by molar-refractivity contribution is 0.274. The minimum atomic E-state index is 0.953. The summed E-state index contributed by atoms with van der Waals surface area (Å²) < 4.78 is 0. The molecule has 0 N–H and O–H groups in total. The summed E-state index contributed by atoms with van der Waals surface area (Å²) >= 11 is 0. The van der Waals surface area contributed by atoms with Gasteiger partial charge in [-0.15, -0.1) is 0 Å². The van der Waals surface area contributed by atoms with E-state index in [0.29, 0.717) is 0 Å². The van der Waals surface area contributed by atoms with Crippen molar-refractivity contribution in [3.63, 3.8) is 0 Å². The number of hydrogen-bond donors (Lipinski definition) is 0. The number of hydrogen-bond acceptors (Lipinski definition) is 2. The molecule has 20 heavy (non-hydrogen) atoms. The van der Waals surface area contributed by atoms with Crippen LogP contribution in [0.2, 0.25) is 0 Å². The maximum Gasteiger partial charge on any atom is 0.0706 e. The standard InChI is InChI=1S/C18H16N2/c1-2-6-14(7-3-1)11-20-12-16-10-15-8-4-5-9-17(15)19-18(16)13-20/h1-10H,11-13H2. The highest BCUT2D eigenvalue weighted by Gasteiger charge is 2.20. The molecule has 1 aromatic heterocycles. The summed E-state index contributed by atoms with van der Waals surface area (Å²) in [5, 5.41) is 1.24. The Morgan fingerprint density at radius 1 is 0.900 bits per heavy atom. The summed E-state index contributed by atoms with van der Waals surface area (Å²) in [5.41, 5.74) is 5.08. The SMILES string of the molecule is c1ccc(CN2Cc3cc4ccccc4nc3C2)cc1. The van der Waals surface area contributed by atoms with Crippen LogP contribution in [0.4, 0.5) is 0 Å². The lowest BCUT2D eigenvalue weighted by Crippen LogP contribution is -2.15. The molecule has 0 spiro atoms. The Bertz CT molecular complexity index is 705. The zero-order chi connectivity index (χ0) is 13.4. The topological polar surface area (TPSA) is 16.1 Å². The van der Waals surface area contributed by atoms with Crippen LogP contribution in [-0.2, 0) is 19.6 Å².